The number of furan rings is 1. The first-order valence-corrected chi connectivity index (χ1v) is 6.88. The van der Waals surface area contributed by atoms with Crippen LogP contribution in [0.2, 0.25) is 0 Å². The van der Waals surface area contributed by atoms with Gasteiger partial charge in [0.25, 0.3) is 0 Å². The minimum atomic E-state index is 0.218. The van der Waals surface area contributed by atoms with Crippen LogP contribution in [-0.4, -0.2) is 42.9 Å². The van der Waals surface area contributed by atoms with Gasteiger partial charge in [0.05, 0.1) is 18.9 Å². The Morgan fingerprint density at radius 1 is 1.50 bits per heavy atom. The van der Waals surface area contributed by atoms with Gasteiger partial charge >= 0.3 is 0 Å². The molecule has 4 nitrogen and oxygen atoms in total. The highest BCUT2D eigenvalue weighted by molar-refractivity contribution is 5.03. The molecule has 0 unspecified atom stereocenters. The number of hydrogen-bond donors (Lipinski definition) is 0. The van der Waals surface area contributed by atoms with E-state index in [1.165, 1.54) is 6.42 Å². The number of fused-ring (bicyclic) bond motifs is 1. The molecule has 2 aliphatic heterocycles. The van der Waals surface area contributed by atoms with Crippen LogP contribution in [-0.2, 0) is 16.0 Å². The van der Waals surface area contributed by atoms with Crippen LogP contribution in [0.3, 0.4) is 0 Å². The molecule has 0 aromatic carbocycles. The molecule has 2 fully saturated rings. The number of hydrogen-bond acceptors (Lipinski definition) is 4. The van der Waals surface area contributed by atoms with Gasteiger partial charge in [0.15, 0.2) is 0 Å². The van der Waals surface area contributed by atoms with E-state index in [-0.39, 0.29) is 12.2 Å². The average molecular weight is 251 g/mol. The Bertz CT molecular complexity index is 365. The van der Waals surface area contributed by atoms with Gasteiger partial charge in [0.1, 0.15) is 11.9 Å². The zero-order valence-corrected chi connectivity index (χ0v) is 10.9. The third kappa shape index (κ3) is 2.32. The van der Waals surface area contributed by atoms with Crippen LogP contribution >= 0.6 is 0 Å². The molecule has 4 heteroatoms. The van der Waals surface area contributed by atoms with Crippen LogP contribution in [0.4, 0.5) is 0 Å². The molecule has 0 spiro atoms. The Balaban J connectivity index is 1.70. The molecular formula is C14H21NO3. The zero-order chi connectivity index (χ0) is 12.4. The summed E-state index contributed by atoms with van der Waals surface area (Å²) in [7, 11) is 0. The largest absolute Gasteiger partial charge is 0.468 e. The molecular weight excluding hydrogens is 230 g/mol. The van der Waals surface area contributed by atoms with Gasteiger partial charge in [-0.05, 0) is 31.9 Å². The van der Waals surface area contributed by atoms with Crippen LogP contribution in [0, 0.1) is 0 Å². The number of rotatable bonds is 4. The van der Waals surface area contributed by atoms with Crippen LogP contribution < -0.4 is 0 Å². The van der Waals surface area contributed by atoms with E-state index < -0.39 is 0 Å². The van der Waals surface area contributed by atoms with E-state index in [1.54, 1.807) is 6.26 Å². The highest BCUT2D eigenvalue weighted by Gasteiger charge is 2.44. The lowest BCUT2D eigenvalue weighted by atomic mass is 10.0. The summed E-state index contributed by atoms with van der Waals surface area (Å²) in [5.74, 6) is 1.02. The molecule has 0 radical (unpaired) electrons. The van der Waals surface area contributed by atoms with E-state index in [0.717, 1.165) is 38.5 Å². The minimum Gasteiger partial charge on any atom is -0.468 e. The van der Waals surface area contributed by atoms with Crippen LogP contribution in [0.1, 0.15) is 25.5 Å². The van der Waals surface area contributed by atoms with Gasteiger partial charge in [0, 0.05) is 25.8 Å². The van der Waals surface area contributed by atoms with E-state index in [9.17, 15) is 0 Å². The normalized spacial score (nSPS) is 32.6. The Morgan fingerprint density at radius 2 is 2.44 bits per heavy atom. The van der Waals surface area contributed by atoms with Crippen LogP contribution in [0.5, 0.6) is 0 Å². The Labute approximate surface area is 108 Å². The Kier molecular flexibility index (Phi) is 3.68. The minimum absolute atomic E-state index is 0.218. The maximum Gasteiger partial charge on any atom is 0.117 e. The van der Waals surface area contributed by atoms with Gasteiger partial charge in [-0.2, -0.15) is 0 Å². The SMILES string of the molecule is CCO[C@@H]1CN(Cc2ccco2)[C@H]2CCCO[C@@H]12. The van der Waals surface area contributed by atoms with Crippen molar-refractivity contribution in [2.75, 3.05) is 19.8 Å². The fourth-order valence-corrected chi connectivity index (χ4v) is 3.15. The highest BCUT2D eigenvalue weighted by Crippen LogP contribution is 2.31. The fourth-order valence-electron chi connectivity index (χ4n) is 3.15. The molecule has 1 aromatic rings. The standard InChI is InChI=1S/C14H21NO3/c1-2-16-13-10-15(9-11-5-3-7-17-11)12-6-4-8-18-14(12)13/h3,5,7,12-14H,2,4,6,8-10H2,1H3/t12-,13+,14+/m0/s1. The molecule has 18 heavy (non-hydrogen) atoms. The predicted octanol–water partition coefficient (Wildman–Crippen LogP) is 2.05. The zero-order valence-electron chi connectivity index (χ0n) is 10.9. The van der Waals surface area contributed by atoms with E-state index in [0.29, 0.717) is 6.04 Å². The van der Waals surface area contributed by atoms with Gasteiger partial charge in [0.2, 0.25) is 0 Å². The van der Waals surface area contributed by atoms with Crippen molar-refractivity contribution in [2.24, 2.45) is 0 Å². The fraction of sp³-hybridized carbons (Fsp3) is 0.714. The van der Waals surface area contributed by atoms with Crippen molar-refractivity contribution in [3.05, 3.63) is 24.2 Å². The quantitative estimate of drug-likeness (QED) is 0.820. The topological polar surface area (TPSA) is 34.8 Å². The third-order valence-electron chi connectivity index (χ3n) is 3.90. The lowest BCUT2D eigenvalue weighted by Crippen LogP contribution is -2.41. The second kappa shape index (κ2) is 5.43. The first-order valence-electron chi connectivity index (χ1n) is 6.88. The molecule has 0 saturated carbocycles. The average Bonchev–Trinajstić information content (AvgIpc) is 3.00. The molecule has 0 aliphatic carbocycles. The molecule has 0 amide bonds. The first-order chi connectivity index (χ1) is 8.88. The van der Waals surface area contributed by atoms with Gasteiger partial charge in [-0.1, -0.05) is 0 Å². The van der Waals surface area contributed by atoms with Crippen LogP contribution in [0.25, 0.3) is 0 Å². The van der Waals surface area contributed by atoms with Crippen molar-refractivity contribution in [1.29, 1.82) is 0 Å². The lowest BCUT2D eigenvalue weighted by molar-refractivity contribution is -0.0751. The van der Waals surface area contributed by atoms with E-state index >= 15 is 0 Å². The monoisotopic (exact) mass is 251 g/mol. The van der Waals surface area contributed by atoms with Crippen molar-refractivity contribution in [3.8, 4) is 0 Å². The van der Waals surface area contributed by atoms with E-state index in [1.807, 2.05) is 19.1 Å². The van der Waals surface area contributed by atoms with Gasteiger partial charge in [-0.15, -0.1) is 0 Å². The Morgan fingerprint density at radius 3 is 3.22 bits per heavy atom. The summed E-state index contributed by atoms with van der Waals surface area (Å²) in [6, 6.07) is 4.47. The first kappa shape index (κ1) is 12.2. The summed E-state index contributed by atoms with van der Waals surface area (Å²) >= 11 is 0. The van der Waals surface area contributed by atoms with E-state index in [2.05, 4.69) is 4.90 Å². The molecule has 100 valence electrons. The summed E-state index contributed by atoms with van der Waals surface area (Å²) in [4.78, 5) is 2.45. The molecule has 3 heterocycles. The summed E-state index contributed by atoms with van der Waals surface area (Å²) in [6.45, 7) is 5.49. The smallest absolute Gasteiger partial charge is 0.117 e. The molecule has 3 rings (SSSR count). The second-order valence-corrected chi connectivity index (χ2v) is 5.05. The molecule has 0 N–H and O–H groups in total. The highest BCUT2D eigenvalue weighted by atomic mass is 16.5. The van der Waals surface area contributed by atoms with Crippen molar-refractivity contribution >= 4 is 0 Å². The summed E-state index contributed by atoms with van der Waals surface area (Å²) in [6.07, 6.45) is 4.55. The molecule has 1 aromatic heterocycles. The van der Waals surface area contributed by atoms with Crippen molar-refractivity contribution in [3.63, 3.8) is 0 Å². The van der Waals surface area contributed by atoms with Crippen molar-refractivity contribution < 1.29 is 13.9 Å². The van der Waals surface area contributed by atoms with Gasteiger partial charge in [-0.3, -0.25) is 4.90 Å². The number of ether oxygens (including phenoxy) is 2. The molecule has 0 bridgehead atoms. The van der Waals surface area contributed by atoms with Gasteiger partial charge in [-0.25, -0.2) is 0 Å². The Hall–Kier alpha value is -0.840. The molecule has 2 saturated heterocycles. The third-order valence-corrected chi connectivity index (χ3v) is 3.90. The maximum atomic E-state index is 5.92. The molecule has 2 aliphatic rings. The maximum absolute atomic E-state index is 5.92. The number of likely N-dealkylation sites (tertiary alicyclic amines) is 1. The summed E-state index contributed by atoms with van der Waals surface area (Å²) < 4.78 is 17.2. The second-order valence-electron chi connectivity index (χ2n) is 5.05. The van der Waals surface area contributed by atoms with Crippen molar-refractivity contribution in [1.82, 2.24) is 4.90 Å². The predicted molar refractivity (Wildman–Crippen MR) is 67.3 cm³/mol. The molecule has 3 atom stereocenters. The summed E-state index contributed by atoms with van der Waals surface area (Å²) in [5, 5.41) is 0. The number of nitrogens with zero attached hydrogens (tertiary/aromatic N) is 1. The lowest BCUT2D eigenvalue weighted by Gasteiger charge is -2.31. The van der Waals surface area contributed by atoms with Gasteiger partial charge < -0.3 is 13.9 Å². The van der Waals surface area contributed by atoms with E-state index in [4.69, 9.17) is 13.9 Å². The summed E-state index contributed by atoms with van der Waals surface area (Å²) in [5.41, 5.74) is 0. The van der Waals surface area contributed by atoms with Crippen molar-refractivity contribution in [2.45, 2.75) is 44.6 Å². The van der Waals surface area contributed by atoms with Crippen LogP contribution in [0.15, 0.2) is 22.8 Å².